The van der Waals surface area contributed by atoms with Crippen molar-refractivity contribution in [1.82, 2.24) is 0 Å². The summed E-state index contributed by atoms with van der Waals surface area (Å²) in [7, 11) is 0. The Morgan fingerprint density at radius 2 is 0.627 bits per heavy atom. The van der Waals surface area contributed by atoms with Crippen LogP contribution in [-0.2, 0) is 5.41 Å². The van der Waals surface area contributed by atoms with E-state index in [1.165, 1.54) is 77.2 Å². The number of benzene rings is 11. The third kappa shape index (κ3) is 6.97. The Kier molecular flexibility index (Phi) is 9.88. The predicted octanol–water partition coefficient (Wildman–Crippen LogP) is 17.6. The van der Waals surface area contributed by atoms with Gasteiger partial charge in [0.1, 0.15) is 0 Å². The zero-order valence-corrected chi connectivity index (χ0v) is 37.6. The molecule has 2 nitrogen and oxygen atoms in total. The van der Waals surface area contributed by atoms with Crippen LogP contribution in [0.15, 0.2) is 255 Å². The quantitative estimate of drug-likeness (QED) is 0.143. The van der Waals surface area contributed by atoms with E-state index < -0.39 is 5.41 Å². The zero-order chi connectivity index (χ0) is 44.9. The first-order valence-corrected chi connectivity index (χ1v) is 23.2. The molecule has 67 heavy (non-hydrogen) atoms. The van der Waals surface area contributed by atoms with Crippen LogP contribution in [0, 0.1) is 13.8 Å². The van der Waals surface area contributed by atoms with Gasteiger partial charge in [0.15, 0.2) is 0 Å². The van der Waals surface area contributed by atoms with Crippen molar-refractivity contribution in [3.05, 3.63) is 288 Å². The molecule has 0 saturated carbocycles. The van der Waals surface area contributed by atoms with E-state index in [-0.39, 0.29) is 0 Å². The van der Waals surface area contributed by atoms with Gasteiger partial charge in [0, 0.05) is 34.1 Å². The maximum atomic E-state index is 2.48. The second-order valence-corrected chi connectivity index (χ2v) is 17.9. The number of nitrogens with zero attached hydrogens (tertiary/aromatic N) is 2. The molecule has 11 aromatic rings. The van der Waals surface area contributed by atoms with Gasteiger partial charge in [-0.2, -0.15) is 0 Å². The molecule has 0 atom stereocenters. The van der Waals surface area contributed by atoms with E-state index in [0.717, 1.165) is 34.1 Å². The molecule has 0 radical (unpaired) electrons. The van der Waals surface area contributed by atoms with Gasteiger partial charge < -0.3 is 9.80 Å². The van der Waals surface area contributed by atoms with E-state index in [2.05, 4.69) is 278 Å². The molecule has 0 fully saturated rings. The first kappa shape index (κ1) is 40.1. The van der Waals surface area contributed by atoms with Crippen LogP contribution >= 0.6 is 0 Å². The minimum Gasteiger partial charge on any atom is -0.310 e. The fourth-order valence-electron chi connectivity index (χ4n) is 10.5. The Morgan fingerprint density at radius 1 is 0.269 bits per heavy atom. The number of anilines is 6. The third-order valence-electron chi connectivity index (χ3n) is 13.8. The normalized spacial score (nSPS) is 12.4. The van der Waals surface area contributed by atoms with Crippen molar-refractivity contribution < 1.29 is 0 Å². The highest BCUT2D eigenvalue weighted by atomic mass is 15.1. The molecule has 318 valence electrons. The first-order chi connectivity index (χ1) is 33.0. The molecule has 0 amide bonds. The minimum atomic E-state index is -0.683. The number of hydrogen-bond acceptors (Lipinski definition) is 2. The molecule has 0 aliphatic heterocycles. The van der Waals surface area contributed by atoms with E-state index >= 15 is 0 Å². The third-order valence-corrected chi connectivity index (χ3v) is 13.8. The molecule has 12 rings (SSSR count). The molecule has 0 unspecified atom stereocenters. The topological polar surface area (TPSA) is 6.48 Å². The highest BCUT2D eigenvalue weighted by Gasteiger charge is 2.47. The molecule has 2 heteroatoms. The lowest BCUT2D eigenvalue weighted by Crippen LogP contribution is -2.29. The Labute approximate surface area is 393 Å². The van der Waals surface area contributed by atoms with Gasteiger partial charge in [-0.05, 0) is 153 Å². The summed E-state index contributed by atoms with van der Waals surface area (Å²) in [6.07, 6.45) is 0. The second kappa shape index (κ2) is 16.5. The monoisotopic (exact) mass is 856 g/mol. The molecular formula is C65H48N2. The van der Waals surface area contributed by atoms with E-state index in [1.54, 1.807) is 0 Å². The Hall–Kier alpha value is -8.46. The molecular weight excluding hydrogens is 809 g/mol. The van der Waals surface area contributed by atoms with Crippen molar-refractivity contribution in [2.45, 2.75) is 19.3 Å². The summed E-state index contributed by atoms with van der Waals surface area (Å²) in [5.74, 6) is 0. The van der Waals surface area contributed by atoms with Crippen LogP contribution in [0.3, 0.4) is 0 Å². The van der Waals surface area contributed by atoms with Crippen LogP contribution in [0.5, 0.6) is 0 Å². The summed E-state index contributed by atoms with van der Waals surface area (Å²) in [4.78, 5) is 4.85. The van der Waals surface area contributed by atoms with Gasteiger partial charge in [0.05, 0.1) is 5.41 Å². The van der Waals surface area contributed by atoms with E-state index in [1.807, 2.05) is 0 Å². The zero-order valence-electron chi connectivity index (χ0n) is 37.6. The molecule has 0 spiro atoms. The predicted molar refractivity (Wildman–Crippen MR) is 283 cm³/mol. The molecule has 0 bridgehead atoms. The molecule has 1 aliphatic rings. The molecule has 0 aromatic heterocycles. The number of hydrogen-bond donors (Lipinski definition) is 0. The molecule has 0 heterocycles. The molecule has 11 aromatic carbocycles. The Morgan fingerprint density at radius 3 is 1.10 bits per heavy atom. The largest absolute Gasteiger partial charge is 0.310 e. The van der Waals surface area contributed by atoms with Crippen molar-refractivity contribution >= 4 is 55.7 Å². The molecule has 0 saturated heterocycles. The van der Waals surface area contributed by atoms with E-state index in [0.29, 0.717) is 0 Å². The van der Waals surface area contributed by atoms with Gasteiger partial charge in [-0.25, -0.2) is 0 Å². The number of aryl methyl sites for hydroxylation is 2. The van der Waals surface area contributed by atoms with Gasteiger partial charge in [0.25, 0.3) is 0 Å². The van der Waals surface area contributed by atoms with Gasteiger partial charge >= 0.3 is 0 Å². The lowest BCUT2D eigenvalue weighted by molar-refractivity contribution is 0.768. The number of rotatable bonds is 9. The summed E-state index contributed by atoms with van der Waals surface area (Å²) in [5.41, 5.74) is 18.2. The van der Waals surface area contributed by atoms with Crippen molar-refractivity contribution in [3.63, 3.8) is 0 Å². The number of fused-ring (bicyclic) bond motifs is 5. The van der Waals surface area contributed by atoms with Crippen molar-refractivity contribution in [3.8, 4) is 22.3 Å². The minimum absolute atomic E-state index is 0.683. The van der Waals surface area contributed by atoms with Crippen LogP contribution in [-0.4, -0.2) is 0 Å². The summed E-state index contributed by atoms with van der Waals surface area (Å²) in [6.45, 7) is 4.31. The van der Waals surface area contributed by atoms with Crippen molar-refractivity contribution in [2.24, 2.45) is 0 Å². The van der Waals surface area contributed by atoms with Crippen LogP contribution in [0.25, 0.3) is 43.8 Å². The van der Waals surface area contributed by atoms with Crippen LogP contribution in [0.4, 0.5) is 34.1 Å². The van der Waals surface area contributed by atoms with Gasteiger partial charge in [-0.3, -0.25) is 0 Å². The van der Waals surface area contributed by atoms with Crippen LogP contribution in [0.2, 0.25) is 0 Å². The highest BCUT2D eigenvalue weighted by molar-refractivity contribution is 5.95. The van der Waals surface area contributed by atoms with Crippen LogP contribution in [0.1, 0.15) is 33.4 Å². The Bertz CT molecular complexity index is 3400. The van der Waals surface area contributed by atoms with Gasteiger partial charge in [0.2, 0.25) is 0 Å². The fraction of sp³-hybridized carbons (Fsp3) is 0.0462. The first-order valence-electron chi connectivity index (χ1n) is 23.2. The van der Waals surface area contributed by atoms with Crippen LogP contribution < -0.4 is 9.80 Å². The maximum absolute atomic E-state index is 2.48. The summed E-state index contributed by atoms with van der Waals surface area (Å²) >= 11 is 0. The fourth-order valence-corrected chi connectivity index (χ4v) is 10.5. The van der Waals surface area contributed by atoms with Gasteiger partial charge in [-0.1, -0.05) is 193 Å². The second-order valence-electron chi connectivity index (χ2n) is 17.9. The Balaban J connectivity index is 1.12. The summed E-state index contributed by atoms with van der Waals surface area (Å²) < 4.78 is 0. The van der Waals surface area contributed by atoms with Gasteiger partial charge in [-0.15, -0.1) is 0 Å². The lowest BCUT2D eigenvalue weighted by atomic mass is 9.67. The lowest BCUT2D eigenvalue weighted by Gasteiger charge is -2.36. The molecule has 0 N–H and O–H groups in total. The van der Waals surface area contributed by atoms with E-state index in [4.69, 9.17) is 0 Å². The standard InChI is InChI=1S/C65H48N2/c1-45-21-31-55(32-22-45)66(57-35-27-48-15-9-11-17-51(48)41-57)59-37-39-61-62-40-38-60(67(56-33-23-46(2)24-34-56)58-36-28-49-16-10-12-18-52(49)42-58)44-64(62)65(63(61)43-59,53-19-7-4-8-20-53)54-29-25-50(26-30-54)47-13-5-3-6-14-47/h3-44H,1-2H3. The maximum Gasteiger partial charge on any atom is 0.0715 e. The SMILES string of the molecule is Cc1ccc(N(c2ccc3c(c2)C(c2ccccc2)(c2ccc(-c4ccccc4)cc2)c2cc(N(c4ccc(C)cc4)c4ccc5ccccc5c4)ccc2-3)c2ccc3ccccc3c2)cc1. The smallest absolute Gasteiger partial charge is 0.0715 e. The van der Waals surface area contributed by atoms with E-state index in [9.17, 15) is 0 Å². The van der Waals surface area contributed by atoms with Crippen molar-refractivity contribution in [1.29, 1.82) is 0 Å². The summed E-state index contributed by atoms with van der Waals surface area (Å²) in [5, 5.41) is 4.86. The summed E-state index contributed by atoms with van der Waals surface area (Å²) in [6, 6.07) is 94.3. The highest BCUT2D eigenvalue weighted by Crippen LogP contribution is 2.58. The molecule has 1 aliphatic carbocycles. The average molecular weight is 857 g/mol. The average Bonchev–Trinajstić information content (AvgIpc) is 3.68. The van der Waals surface area contributed by atoms with Crippen molar-refractivity contribution in [2.75, 3.05) is 9.80 Å².